The van der Waals surface area contributed by atoms with E-state index in [1.165, 1.54) is 0 Å². The Kier molecular flexibility index (Phi) is 3.15. The molecule has 0 atom stereocenters. The van der Waals surface area contributed by atoms with E-state index in [9.17, 15) is 4.79 Å². The first-order valence-electron chi connectivity index (χ1n) is 5.13. The molecule has 1 N–H and O–H groups in total. The average molecular weight is 250 g/mol. The van der Waals surface area contributed by atoms with Crippen LogP contribution in [0, 0.1) is 6.92 Å². The van der Waals surface area contributed by atoms with Crippen molar-refractivity contribution >= 4 is 23.5 Å². The Morgan fingerprint density at radius 3 is 2.88 bits per heavy atom. The molecule has 0 spiro atoms. The van der Waals surface area contributed by atoms with Crippen molar-refractivity contribution in [2.75, 3.05) is 5.32 Å². The van der Waals surface area contributed by atoms with E-state index in [4.69, 9.17) is 11.6 Å². The predicted octanol–water partition coefficient (Wildman–Crippen LogP) is 2.63. The number of rotatable bonds is 2. The summed E-state index contributed by atoms with van der Waals surface area (Å²) in [6, 6.07) is 5.25. The Hall–Kier alpha value is -1.81. The highest BCUT2D eigenvalue weighted by atomic mass is 35.5. The topological polar surface area (TPSA) is 46.9 Å². The van der Waals surface area contributed by atoms with Crippen LogP contribution in [0.25, 0.3) is 0 Å². The molecule has 0 saturated carbocycles. The van der Waals surface area contributed by atoms with Gasteiger partial charge in [-0.25, -0.2) is 4.98 Å². The Bertz CT molecular complexity index is 563. The number of hydrogen-bond donors (Lipinski definition) is 1. The second-order valence-corrected chi connectivity index (χ2v) is 4.14. The molecular weight excluding hydrogens is 238 g/mol. The van der Waals surface area contributed by atoms with E-state index in [0.29, 0.717) is 16.5 Å². The summed E-state index contributed by atoms with van der Waals surface area (Å²) in [7, 11) is 1.81. The fourth-order valence-corrected chi connectivity index (χ4v) is 1.68. The van der Waals surface area contributed by atoms with Gasteiger partial charge in [0.15, 0.2) is 0 Å². The minimum absolute atomic E-state index is 0.209. The molecule has 0 unspecified atom stereocenters. The molecule has 2 rings (SSSR count). The van der Waals surface area contributed by atoms with Gasteiger partial charge in [-0.1, -0.05) is 17.7 Å². The predicted molar refractivity (Wildman–Crippen MR) is 67.4 cm³/mol. The van der Waals surface area contributed by atoms with E-state index < -0.39 is 0 Å². The number of aryl methyl sites for hydroxylation is 1. The van der Waals surface area contributed by atoms with Gasteiger partial charge in [-0.15, -0.1) is 0 Å². The molecule has 88 valence electrons. The maximum absolute atomic E-state index is 12.0. The van der Waals surface area contributed by atoms with Crippen LogP contribution in [0.1, 0.15) is 15.9 Å². The lowest BCUT2D eigenvalue weighted by Crippen LogP contribution is -2.16. The highest BCUT2D eigenvalue weighted by Crippen LogP contribution is 2.19. The van der Waals surface area contributed by atoms with E-state index in [0.717, 1.165) is 5.56 Å². The Labute approximate surface area is 104 Å². The second-order valence-electron chi connectivity index (χ2n) is 3.73. The quantitative estimate of drug-likeness (QED) is 0.889. The van der Waals surface area contributed by atoms with Crippen LogP contribution in [-0.4, -0.2) is 15.5 Å². The lowest BCUT2D eigenvalue weighted by Gasteiger charge is -2.08. The van der Waals surface area contributed by atoms with Crippen molar-refractivity contribution in [3.05, 3.63) is 46.7 Å². The third-order valence-corrected chi connectivity index (χ3v) is 2.97. The highest BCUT2D eigenvalue weighted by Gasteiger charge is 2.12. The van der Waals surface area contributed by atoms with Crippen molar-refractivity contribution in [2.45, 2.75) is 6.92 Å². The average Bonchev–Trinajstić information content (AvgIpc) is 2.68. The van der Waals surface area contributed by atoms with E-state index in [-0.39, 0.29) is 5.91 Å². The summed E-state index contributed by atoms with van der Waals surface area (Å²) >= 11 is 5.97. The first-order chi connectivity index (χ1) is 8.09. The standard InChI is InChI=1S/C12H12ClN3O/c1-8-9(4-3-5-10(8)13)11(17)15-12-14-6-7-16(12)2/h3-7H,1-2H3,(H,14,15,17). The summed E-state index contributed by atoms with van der Waals surface area (Å²) in [6.45, 7) is 1.82. The van der Waals surface area contributed by atoms with Crippen molar-refractivity contribution < 1.29 is 4.79 Å². The van der Waals surface area contributed by atoms with Crippen LogP contribution in [0.5, 0.6) is 0 Å². The minimum atomic E-state index is -0.209. The summed E-state index contributed by atoms with van der Waals surface area (Å²) in [5, 5.41) is 3.31. The van der Waals surface area contributed by atoms with Crippen LogP contribution < -0.4 is 5.32 Å². The SMILES string of the molecule is Cc1c(Cl)cccc1C(=O)Nc1nccn1C. The molecule has 0 bridgehead atoms. The van der Waals surface area contributed by atoms with E-state index >= 15 is 0 Å². The van der Waals surface area contributed by atoms with Gasteiger partial charge in [0.25, 0.3) is 5.91 Å². The minimum Gasteiger partial charge on any atom is -0.320 e. The van der Waals surface area contributed by atoms with Crippen molar-refractivity contribution in [3.8, 4) is 0 Å². The Morgan fingerprint density at radius 1 is 1.47 bits per heavy atom. The molecule has 0 aliphatic carbocycles. The molecule has 1 heterocycles. The lowest BCUT2D eigenvalue weighted by atomic mass is 10.1. The largest absolute Gasteiger partial charge is 0.320 e. The van der Waals surface area contributed by atoms with E-state index in [1.807, 2.05) is 14.0 Å². The van der Waals surface area contributed by atoms with Crippen molar-refractivity contribution in [1.29, 1.82) is 0 Å². The number of carbonyl (C=O) groups is 1. The van der Waals surface area contributed by atoms with Crippen LogP contribution in [0.3, 0.4) is 0 Å². The van der Waals surface area contributed by atoms with Crippen LogP contribution in [0.15, 0.2) is 30.6 Å². The zero-order chi connectivity index (χ0) is 12.4. The van der Waals surface area contributed by atoms with Gasteiger partial charge >= 0.3 is 0 Å². The molecule has 0 aliphatic heterocycles. The maximum atomic E-state index is 12.0. The van der Waals surface area contributed by atoms with Crippen molar-refractivity contribution in [1.82, 2.24) is 9.55 Å². The Balaban J connectivity index is 2.27. The monoisotopic (exact) mass is 249 g/mol. The highest BCUT2D eigenvalue weighted by molar-refractivity contribution is 6.32. The summed E-state index contributed by atoms with van der Waals surface area (Å²) < 4.78 is 1.73. The van der Waals surface area contributed by atoms with Crippen molar-refractivity contribution in [2.24, 2.45) is 7.05 Å². The van der Waals surface area contributed by atoms with Gasteiger partial charge in [0.05, 0.1) is 0 Å². The molecule has 0 radical (unpaired) electrons. The van der Waals surface area contributed by atoms with Gasteiger partial charge in [0.2, 0.25) is 5.95 Å². The molecule has 2 aromatic rings. The van der Waals surface area contributed by atoms with Gasteiger partial charge in [0, 0.05) is 30.0 Å². The molecule has 4 nitrogen and oxygen atoms in total. The molecule has 5 heteroatoms. The van der Waals surface area contributed by atoms with Gasteiger partial charge < -0.3 is 4.57 Å². The van der Waals surface area contributed by atoms with Gasteiger partial charge in [-0.2, -0.15) is 0 Å². The molecule has 1 aromatic heterocycles. The Morgan fingerprint density at radius 2 is 2.24 bits per heavy atom. The number of nitrogens with one attached hydrogen (secondary N) is 1. The zero-order valence-corrected chi connectivity index (χ0v) is 10.3. The number of amides is 1. The fraction of sp³-hybridized carbons (Fsp3) is 0.167. The van der Waals surface area contributed by atoms with Crippen LogP contribution in [-0.2, 0) is 7.05 Å². The number of aromatic nitrogens is 2. The number of hydrogen-bond acceptors (Lipinski definition) is 2. The first-order valence-corrected chi connectivity index (χ1v) is 5.51. The summed E-state index contributed by atoms with van der Waals surface area (Å²) in [6.07, 6.45) is 3.39. The zero-order valence-electron chi connectivity index (χ0n) is 9.57. The van der Waals surface area contributed by atoms with E-state index in [2.05, 4.69) is 10.3 Å². The summed E-state index contributed by atoms with van der Waals surface area (Å²) in [5.41, 5.74) is 1.32. The van der Waals surface area contributed by atoms with Crippen LogP contribution in [0.4, 0.5) is 5.95 Å². The van der Waals surface area contributed by atoms with Crippen molar-refractivity contribution in [3.63, 3.8) is 0 Å². The fourth-order valence-electron chi connectivity index (χ4n) is 1.51. The van der Waals surface area contributed by atoms with Gasteiger partial charge in [-0.3, -0.25) is 10.1 Å². The molecule has 0 fully saturated rings. The third kappa shape index (κ3) is 2.31. The summed E-state index contributed by atoms with van der Waals surface area (Å²) in [5.74, 6) is 0.300. The molecular formula is C12H12ClN3O. The summed E-state index contributed by atoms with van der Waals surface area (Å²) in [4.78, 5) is 16.0. The maximum Gasteiger partial charge on any atom is 0.258 e. The van der Waals surface area contributed by atoms with Crippen LogP contribution in [0.2, 0.25) is 5.02 Å². The lowest BCUT2D eigenvalue weighted by molar-refractivity contribution is 0.102. The second kappa shape index (κ2) is 4.59. The third-order valence-electron chi connectivity index (χ3n) is 2.56. The number of carbonyl (C=O) groups excluding carboxylic acids is 1. The molecule has 0 aliphatic rings. The molecule has 1 amide bonds. The van der Waals surface area contributed by atoms with Gasteiger partial charge in [-0.05, 0) is 24.6 Å². The number of imidazole rings is 1. The number of anilines is 1. The molecule has 1 aromatic carbocycles. The van der Waals surface area contributed by atoms with Gasteiger partial charge in [0.1, 0.15) is 0 Å². The number of benzene rings is 1. The normalized spacial score (nSPS) is 10.3. The molecule has 17 heavy (non-hydrogen) atoms. The smallest absolute Gasteiger partial charge is 0.258 e. The first kappa shape index (κ1) is 11.7. The van der Waals surface area contributed by atoms with E-state index in [1.54, 1.807) is 35.2 Å². The van der Waals surface area contributed by atoms with Crippen LogP contribution >= 0.6 is 11.6 Å². The number of halogens is 1. The number of nitrogens with zero attached hydrogens (tertiary/aromatic N) is 2. The molecule has 0 saturated heterocycles.